The maximum absolute atomic E-state index is 12.8. The van der Waals surface area contributed by atoms with E-state index < -0.39 is 0 Å². The number of amides is 2. The summed E-state index contributed by atoms with van der Waals surface area (Å²) in [5.41, 5.74) is 7.23. The van der Waals surface area contributed by atoms with Crippen molar-refractivity contribution in [2.75, 3.05) is 25.5 Å². The number of nitrogens with zero attached hydrogens (tertiary/aromatic N) is 2. The van der Waals surface area contributed by atoms with Crippen molar-refractivity contribution in [1.29, 1.82) is 0 Å². The molecule has 0 saturated carbocycles. The molecule has 0 aliphatic carbocycles. The number of benzene rings is 2. The molecule has 0 spiro atoms. The third kappa shape index (κ3) is 3.27. The maximum Gasteiger partial charge on any atom is 0.272 e. The zero-order chi connectivity index (χ0) is 20.7. The Bertz CT molecular complexity index is 1160. The molecule has 2 amide bonds. The number of aromatic nitrogens is 1. The molecule has 7 nitrogen and oxygen atoms in total. The summed E-state index contributed by atoms with van der Waals surface area (Å²) in [6.45, 7) is 1.84. The van der Waals surface area contributed by atoms with E-state index in [1.807, 2.05) is 36.4 Å². The largest absolute Gasteiger partial charge is 0.354 e. The van der Waals surface area contributed by atoms with Crippen LogP contribution >= 0.6 is 0 Å². The Kier molecular flexibility index (Phi) is 4.59. The van der Waals surface area contributed by atoms with Gasteiger partial charge in [-0.05, 0) is 50.7 Å². The Balaban J connectivity index is 1.55. The minimum Gasteiger partial charge on any atom is -0.354 e. The van der Waals surface area contributed by atoms with Crippen molar-refractivity contribution in [2.45, 2.75) is 12.8 Å². The highest BCUT2D eigenvalue weighted by atomic mass is 16.2. The molecule has 152 valence electrons. The van der Waals surface area contributed by atoms with E-state index in [0.717, 1.165) is 53.7 Å². The second kappa shape index (κ2) is 7.42. The first-order valence-corrected chi connectivity index (χ1v) is 10.2. The number of piperidine rings is 1. The maximum atomic E-state index is 12.8. The average Bonchev–Trinajstić information content (AvgIpc) is 3.03. The molecule has 0 unspecified atom stereocenters. The summed E-state index contributed by atoms with van der Waals surface area (Å²) in [5.74, 6) is -0.286. The van der Waals surface area contributed by atoms with Crippen LogP contribution in [0.3, 0.4) is 0 Å². The second-order valence-electron chi connectivity index (χ2n) is 7.99. The van der Waals surface area contributed by atoms with E-state index >= 15 is 0 Å². The lowest BCUT2D eigenvalue weighted by atomic mass is 9.96. The summed E-state index contributed by atoms with van der Waals surface area (Å²) in [4.78, 5) is 31.1. The van der Waals surface area contributed by atoms with Crippen LogP contribution in [0.2, 0.25) is 0 Å². The van der Waals surface area contributed by atoms with E-state index in [0.29, 0.717) is 11.3 Å². The number of carbonyl (C=O) groups excluding carboxylic acids is 2. The number of hydrazone groups is 1. The van der Waals surface area contributed by atoms with Gasteiger partial charge in [-0.1, -0.05) is 30.3 Å². The number of aromatic amines is 1. The molecule has 1 saturated heterocycles. The Hall–Kier alpha value is -3.45. The Labute approximate surface area is 174 Å². The van der Waals surface area contributed by atoms with Crippen molar-refractivity contribution in [1.82, 2.24) is 15.3 Å². The van der Waals surface area contributed by atoms with Crippen LogP contribution in [0.5, 0.6) is 0 Å². The van der Waals surface area contributed by atoms with Gasteiger partial charge in [0.25, 0.3) is 5.91 Å². The number of carbonyl (C=O) groups is 2. The topological polar surface area (TPSA) is 89.6 Å². The molecule has 3 heterocycles. The molecule has 1 aromatic heterocycles. The summed E-state index contributed by atoms with van der Waals surface area (Å²) in [7, 11) is 2.07. The minimum atomic E-state index is -0.288. The first kappa shape index (κ1) is 18.6. The molecule has 2 aromatic carbocycles. The van der Waals surface area contributed by atoms with Gasteiger partial charge in [0.2, 0.25) is 5.91 Å². The number of hydrogen-bond donors (Lipinski definition) is 3. The first-order valence-electron chi connectivity index (χ1n) is 10.2. The lowest BCUT2D eigenvalue weighted by molar-refractivity contribution is -0.121. The van der Waals surface area contributed by atoms with Gasteiger partial charge in [-0.3, -0.25) is 9.59 Å². The molecule has 0 radical (unpaired) electrons. The molecule has 3 aromatic rings. The quantitative estimate of drug-likeness (QED) is 0.630. The fourth-order valence-electron chi connectivity index (χ4n) is 4.30. The van der Waals surface area contributed by atoms with E-state index in [9.17, 15) is 9.59 Å². The van der Waals surface area contributed by atoms with Crippen molar-refractivity contribution in [3.63, 3.8) is 0 Å². The van der Waals surface area contributed by atoms with Crippen molar-refractivity contribution < 1.29 is 9.59 Å². The van der Waals surface area contributed by atoms with Gasteiger partial charge in [0.15, 0.2) is 0 Å². The summed E-state index contributed by atoms with van der Waals surface area (Å²) >= 11 is 0. The van der Waals surface area contributed by atoms with Gasteiger partial charge in [-0.15, -0.1) is 0 Å². The van der Waals surface area contributed by atoms with E-state index in [1.54, 1.807) is 12.3 Å². The second-order valence-corrected chi connectivity index (χ2v) is 7.99. The average molecular weight is 401 g/mol. The molecular formula is C23H23N5O2. The summed E-state index contributed by atoms with van der Waals surface area (Å²) < 4.78 is 0. The van der Waals surface area contributed by atoms with Gasteiger partial charge in [-0.25, -0.2) is 5.43 Å². The molecule has 30 heavy (non-hydrogen) atoms. The number of hydrogen-bond acceptors (Lipinski definition) is 4. The van der Waals surface area contributed by atoms with Crippen LogP contribution < -0.4 is 10.7 Å². The molecule has 0 atom stereocenters. The molecule has 2 aliphatic rings. The fourth-order valence-corrected chi connectivity index (χ4v) is 4.30. The number of anilines is 1. The van der Waals surface area contributed by atoms with E-state index in [4.69, 9.17) is 0 Å². The number of likely N-dealkylation sites (tertiary alicyclic amines) is 1. The minimum absolute atomic E-state index is 0.00715. The van der Waals surface area contributed by atoms with Crippen LogP contribution in [-0.4, -0.2) is 48.1 Å². The lowest BCUT2D eigenvalue weighted by Gasteiger charge is -2.28. The SMILES string of the molecule is CN1CCC(C(=O)Nc2cc3c4c(c(-c5ccccc5)[nH]c4c2)C=NNC3=O)CC1. The Morgan fingerprint density at radius 1 is 1.17 bits per heavy atom. The predicted molar refractivity (Wildman–Crippen MR) is 118 cm³/mol. The van der Waals surface area contributed by atoms with Crippen molar-refractivity contribution >= 4 is 34.6 Å². The zero-order valence-electron chi connectivity index (χ0n) is 16.7. The molecule has 3 N–H and O–H groups in total. The van der Waals surface area contributed by atoms with Crippen LogP contribution in [0.25, 0.3) is 22.2 Å². The van der Waals surface area contributed by atoms with Crippen molar-refractivity contribution in [3.8, 4) is 11.3 Å². The molecule has 2 aliphatic heterocycles. The van der Waals surface area contributed by atoms with Crippen LogP contribution in [0.15, 0.2) is 47.6 Å². The van der Waals surface area contributed by atoms with Gasteiger partial charge in [-0.2, -0.15) is 5.10 Å². The third-order valence-corrected chi connectivity index (χ3v) is 5.96. The highest BCUT2D eigenvalue weighted by Gasteiger charge is 2.25. The Morgan fingerprint density at radius 3 is 2.70 bits per heavy atom. The zero-order valence-corrected chi connectivity index (χ0v) is 16.7. The first-order chi connectivity index (χ1) is 14.6. The molecule has 0 bridgehead atoms. The van der Waals surface area contributed by atoms with E-state index in [-0.39, 0.29) is 17.7 Å². The van der Waals surface area contributed by atoms with Gasteiger partial charge in [0.05, 0.1) is 17.5 Å². The van der Waals surface area contributed by atoms with Gasteiger partial charge >= 0.3 is 0 Å². The van der Waals surface area contributed by atoms with Crippen LogP contribution in [0.4, 0.5) is 5.69 Å². The highest BCUT2D eigenvalue weighted by molar-refractivity contribution is 6.18. The lowest BCUT2D eigenvalue weighted by Crippen LogP contribution is -2.35. The van der Waals surface area contributed by atoms with Crippen LogP contribution in [-0.2, 0) is 4.79 Å². The fraction of sp³-hybridized carbons (Fsp3) is 0.261. The van der Waals surface area contributed by atoms with Gasteiger partial charge in [0, 0.05) is 28.1 Å². The molecule has 1 fully saturated rings. The molecule has 7 heteroatoms. The third-order valence-electron chi connectivity index (χ3n) is 5.96. The molecule has 5 rings (SSSR count). The van der Waals surface area contributed by atoms with Crippen LogP contribution in [0.1, 0.15) is 28.8 Å². The monoisotopic (exact) mass is 401 g/mol. The smallest absolute Gasteiger partial charge is 0.272 e. The number of H-pyrrole nitrogens is 1. The highest BCUT2D eigenvalue weighted by Crippen LogP contribution is 2.34. The van der Waals surface area contributed by atoms with Gasteiger partial charge < -0.3 is 15.2 Å². The number of rotatable bonds is 3. The van der Waals surface area contributed by atoms with Crippen molar-refractivity contribution in [3.05, 3.63) is 53.6 Å². The number of nitrogens with one attached hydrogen (secondary N) is 3. The van der Waals surface area contributed by atoms with E-state index in [2.05, 4.69) is 32.8 Å². The standard InChI is InChI=1S/C23H23N5O2/c1-28-9-7-15(8-10-28)22(29)25-16-11-17-20-18(13-24-27-23(17)30)21(26-19(20)12-16)14-5-3-2-4-6-14/h2-6,11-13,15,26H,7-10H2,1H3,(H,25,29)(H,27,30). The summed E-state index contributed by atoms with van der Waals surface area (Å²) in [6.07, 6.45) is 3.36. The van der Waals surface area contributed by atoms with Gasteiger partial charge in [0.1, 0.15) is 0 Å². The normalized spacial score (nSPS) is 17.0. The molecular weight excluding hydrogens is 378 g/mol. The Morgan fingerprint density at radius 2 is 1.93 bits per heavy atom. The van der Waals surface area contributed by atoms with E-state index in [1.165, 1.54) is 0 Å². The van der Waals surface area contributed by atoms with Crippen molar-refractivity contribution in [2.24, 2.45) is 11.0 Å². The summed E-state index contributed by atoms with van der Waals surface area (Å²) in [6, 6.07) is 13.6. The predicted octanol–water partition coefficient (Wildman–Crippen LogP) is 3.19. The summed E-state index contributed by atoms with van der Waals surface area (Å²) in [5, 5.41) is 7.92. The van der Waals surface area contributed by atoms with Crippen LogP contribution in [0, 0.1) is 5.92 Å².